The number of hydrogen-bond donors (Lipinski definition) is 0. The summed E-state index contributed by atoms with van der Waals surface area (Å²) in [7, 11) is 0. The van der Waals surface area contributed by atoms with Gasteiger partial charge in [0.05, 0.1) is 5.41 Å². The van der Waals surface area contributed by atoms with Gasteiger partial charge < -0.3 is 9.42 Å². The molecule has 4 atom stereocenters. The van der Waals surface area contributed by atoms with Crippen LogP contribution in [0.4, 0.5) is 5.82 Å². The Labute approximate surface area is 124 Å². The Morgan fingerprint density at radius 1 is 1.50 bits per heavy atom. The van der Waals surface area contributed by atoms with Crippen molar-refractivity contribution in [2.75, 3.05) is 11.4 Å². The summed E-state index contributed by atoms with van der Waals surface area (Å²) < 4.78 is 5.14. The Hall–Kier alpha value is -1.33. The molecule has 1 unspecified atom stereocenters. The smallest absolute Gasteiger partial charge is 0.241 e. The van der Waals surface area contributed by atoms with Gasteiger partial charge in [-0.3, -0.25) is 0 Å². The van der Waals surface area contributed by atoms with Gasteiger partial charge in [0.2, 0.25) is 5.89 Å². The predicted octanol–water partition coefficient (Wildman–Crippen LogP) is 2.24. The molecule has 2 saturated heterocycles. The Balaban J connectivity index is 1.47. The molecular formula is C13H10Cl2N4O. The van der Waals surface area contributed by atoms with Crippen LogP contribution in [-0.4, -0.2) is 27.7 Å². The molecule has 0 N–H and O–H groups in total. The first-order chi connectivity index (χ1) is 9.76. The van der Waals surface area contributed by atoms with E-state index < -0.39 is 0 Å². The number of anilines is 1. The summed E-state index contributed by atoms with van der Waals surface area (Å²) in [6.07, 6.45) is 1.75. The van der Waals surface area contributed by atoms with Crippen molar-refractivity contribution in [3.63, 3.8) is 0 Å². The maximum absolute atomic E-state index is 6.04. The van der Waals surface area contributed by atoms with Gasteiger partial charge in [-0.05, 0) is 18.1 Å². The number of fused-ring (bicyclic) bond motifs is 1. The maximum atomic E-state index is 6.04. The molecule has 5 nitrogen and oxygen atoms in total. The average molecular weight is 309 g/mol. The molecule has 4 fully saturated rings. The van der Waals surface area contributed by atoms with Crippen molar-refractivity contribution in [1.82, 2.24) is 15.1 Å². The van der Waals surface area contributed by atoms with Gasteiger partial charge in [-0.25, -0.2) is 4.98 Å². The van der Waals surface area contributed by atoms with Gasteiger partial charge in [0.1, 0.15) is 11.7 Å². The third kappa shape index (κ3) is 1.15. The molecule has 2 aliphatic heterocycles. The van der Waals surface area contributed by atoms with E-state index in [1.807, 2.05) is 6.07 Å². The second-order valence-electron chi connectivity index (χ2n) is 5.64. The fourth-order valence-corrected chi connectivity index (χ4v) is 4.27. The monoisotopic (exact) mass is 308 g/mol. The lowest BCUT2D eigenvalue weighted by atomic mass is 10.1. The topological polar surface area (TPSA) is 55.1 Å². The van der Waals surface area contributed by atoms with Crippen LogP contribution in [-0.2, 0) is 11.3 Å². The molecule has 2 bridgehead atoms. The number of rotatable bonds is 3. The van der Waals surface area contributed by atoms with E-state index in [-0.39, 0.29) is 11.3 Å². The molecule has 2 aliphatic carbocycles. The SMILES string of the molecule is ClCc1nc([C@@]23C4[C@H]2[C@H]3CN4c2cc(Cl)ccn2)no1. The van der Waals surface area contributed by atoms with E-state index in [9.17, 15) is 0 Å². The van der Waals surface area contributed by atoms with E-state index in [0.717, 1.165) is 18.2 Å². The fraction of sp³-hybridized carbons (Fsp3) is 0.462. The number of alkyl halides is 1. The first kappa shape index (κ1) is 11.3. The highest BCUT2D eigenvalue weighted by atomic mass is 35.5. The summed E-state index contributed by atoms with van der Waals surface area (Å²) in [6.45, 7) is 0.993. The van der Waals surface area contributed by atoms with Gasteiger partial charge in [0.15, 0.2) is 5.82 Å². The van der Waals surface area contributed by atoms with Crippen molar-refractivity contribution in [1.29, 1.82) is 0 Å². The summed E-state index contributed by atoms with van der Waals surface area (Å²) in [5.74, 6) is 3.79. The lowest BCUT2D eigenvalue weighted by Crippen LogP contribution is -2.24. The van der Waals surface area contributed by atoms with Crippen LogP contribution in [0.2, 0.25) is 5.02 Å². The number of hydrogen-bond acceptors (Lipinski definition) is 5. The molecule has 6 rings (SSSR count). The molecule has 2 saturated carbocycles. The van der Waals surface area contributed by atoms with E-state index in [1.54, 1.807) is 12.3 Å². The minimum atomic E-state index is 0.0950. The zero-order valence-electron chi connectivity index (χ0n) is 10.3. The Bertz CT molecular complexity index is 714. The predicted molar refractivity (Wildman–Crippen MR) is 72.9 cm³/mol. The minimum absolute atomic E-state index is 0.0950. The summed E-state index contributed by atoms with van der Waals surface area (Å²) >= 11 is 11.8. The van der Waals surface area contributed by atoms with Gasteiger partial charge >= 0.3 is 0 Å². The zero-order valence-corrected chi connectivity index (χ0v) is 11.8. The second-order valence-corrected chi connectivity index (χ2v) is 6.34. The van der Waals surface area contributed by atoms with E-state index in [2.05, 4.69) is 20.0 Å². The zero-order chi connectivity index (χ0) is 13.5. The third-order valence-corrected chi connectivity index (χ3v) is 5.37. The van der Waals surface area contributed by atoms with Crippen molar-refractivity contribution in [2.24, 2.45) is 11.8 Å². The van der Waals surface area contributed by atoms with E-state index >= 15 is 0 Å². The summed E-state index contributed by atoms with van der Waals surface area (Å²) in [5.41, 5.74) is 0.0950. The van der Waals surface area contributed by atoms with Crippen LogP contribution in [0.3, 0.4) is 0 Å². The molecule has 4 aliphatic rings. The van der Waals surface area contributed by atoms with Gasteiger partial charge in [0.25, 0.3) is 0 Å². The highest BCUT2D eigenvalue weighted by Crippen LogP contribution is 2.85. The highest BCUT2D eigenvalue weighted by molar-refractivity contribution is 6.30. The summed E-state index contributed by atoms with van der Waals surface area (Å²) in [6, 6.07) is 4.15. The van der Waals surface area contributed by atoms with Gasteiger partial charge in [0, 0.05) is 29.7 Å². The molecule has 0 radical (unpaired) electrons. The standard InChI is InChI=1S/C13H10Cl2N4O/c14-4-9-17-12(18-20-9)13-7-5-19(11(13)10(7)13)8-3-6(15)1-2-16-8/h1-3,7,10-11H,4-5H2/t7-,10-,11?,13-/m1/s1. The molecule has 0 aromatic carbocycles. The maximum Gasteiger partial charge on any atom is 0.241 e. The number of aromatic nitrogens is 3. The van der Waals surface area contributed by atoms with Crippen molar-refractivity contribution < 1.29 is 4.52 Å². The molecule has 2 aromatic rings. The quantitative estimate of drug-likeness (QED) is 0.814. The van der Waals surface area contributed by atoms with Gasteiger partial charge in [-0.15, -0.1) is 11.6 Å². The molecule has 2 aromatic heterocycles. The molecular weight excluding hydrogens is 299 g/mol. The normalized spacial score (nSPS) is 36.1. The van der Waals surface area contributed by atoms with Crippen LogP contribution in [0.15, 0.2) is 22.9 Å². The van der Waals surface area contributed by atoms with Crippen LogP contribution < -0.4 is 4.90 Å². The fourth-order valence-electron chi connectivity index (χ4n) is 4.01. The van der Waals surface area contributed by atoms with Crippen LogP contribution >= 0.6 is 23.2 Å². The lowest BCUT2D eigenvalue weighted by molar-refractivity contribution is 0.380. The van der Waals surface area contributed by atoms with Gasteiger partial charge in [-0.2, -0.15) is 4.98 Å². The molecule has 4 heterocycles. The van der Waals surface area contributed by atoms with Crippen molar-refractivity contribution in [3.05, 3.63) is 35.1 Å². The summed E-state index contributed by atoms with van der Waals surface area (Å²) in [4.78, 5) is 11.1. The minimum Gasteiger partial charge on any atom is -0.352 e. The molecule has 7 heteroatoms. The molecule has 20 heavy (non-hydrogen) atoms. The van der Waals surface area contributed by atoms with Crippen molar-refractivity contribution in [3.8, 4) is 0 Å². The number of nitrogens with zero attached hydrogens (tertiary/aromatic N) is 4. The lowest BCUT2D eigenvalue weighted by Gasteiger charge is -2.17. The second kappa shape index (κ2) is 3.46. The molecule has 0 spiro atoms. The highest BCUT2D eigenvalue weighted by Gasteiger charge is 2.95. The van der Waals surface area contributed by atoms with Crippen LogP contribution in [0, 0.1) is 11.8 Å². The Kier molecular flexibility index (Phi) is 1.96. The first-order valence-corrected chi connectivity index (χ1v) is 7.45. The molecule has 0 amide bonds. The van der Waals surface area contributed by atoms with E-state index in [4.69, 9.17) is 27.7 Å². The van der Waals surface area contributed by atoms with Crippen molar-refractivity contribution >= 4 is 29.0 Å². The van der Waals surface area contributed by atoms with Crippen molar-refractivity contribution in [2.45, 2.75) is 17.3 Å². The number of pyridine rings is 1. The first-order valence-electron chi connectivity index (χ1n) is 6.54. The van der Waals surface area contributed by atoms with Crippen LogP contribution in [0.1, 0.15) is 11.7 Å². The average Bonchev–Trinajstić information content (AvgIpc) is 3.03. The summed E-state index contributed by atoms with van der Waals surface area (Å²) in [5, 5.41) is 4.82. The third-order valence-electron chi connectivity index (χ3n) is 4.91. The number of halogens is 2. The Morgan fingerprint density at radius 3 is 3.10 bits per heavy atom. The van der Waals surface area contributed by atoms with E-state index in [1.165, 1.54) is 0 Å². The molecule has 102 valence electrons. The Morgan fingerprint density at radius 2 is 2.40 bits per heavy atom. The number of piperidine rings is 1. The van der Waals surface area contributed by atoms with Crippen LogP contribution in [0.25, 0.3) is 0 Å². The van der Waals surface area contributed by atoms with E-state index in [0.29, 0.717) is 28.8 Å². The van der Waals surface area contributed by atoms with Gasteiger partial charge in [-0.1, -0.05) is 16.8 Å². The largest absolute Gasteiger partial charge is 0.352 e. The van der Waals surface area contributed by atoms with Crippen LogP contribution in [0.5, 0.6) is 0 Å².